The van der Waals surface area contributed by atoms with Gasteiger partial charge in [0.25, 0.3) is 11.7 Å². The van der Waals surface area contributed by atoms with Crippen LogP contribution in [0.3, 0.4) is 0 Å². The van der Waals surface area contributed by atoms with Gasteiger partial charge in [-0.3, -0.25) is 9.59 Å². The number of pyridine rings is 1. The number of hydrogen-bond acceptors (Lipinski definition) is 2. The van der Waals surface area contributed by atoms with Crippen LogP contribution in [-0.4, -0.2) is 10.2 Å². The summed E-state index contributed by atoms with van der Waals surface area (Å²) in [7, 11) is 0. The van der Waals surface area contributed by atoms with Crippen LogP contribution in [0.4, 0.5) is 8.78 Å². The first-order valence-corrected chi connectivity index (χ1v) is 4.51. The zero-order chi connectivity index (χ0) is 10.9. The highest BCUT2D eigenvalue weighted by molar-refractivity contribution is 9.10. The summed E-state index contributed by atoms with van der Waals surface area (Å²) in [6.07, 6.45) is -2.89. The SMILES string of the molecule is O=C(Cl)c1[nH]c(=O)cc(Br)c1C(F)F. The lowest BCUT2D eigenvalue weighted by Crippen LogP contribution is -2.13. The van der Waals surface area contributed by atoms with Gasteiger partial charge < -0.3 is 4.98 Å². The monoisotopic (exact) mass is 285 g/mol. The second-order valence-electron chi connectivity index (χ2n) is 2.34. The Morgan fingerprint density at radius 2 is 2.14 bits per heavy atom. The summed E-state index contributed by atoms with van der Waals surface area (Å²) in [5, 5.41) is -1.13. The molecule has 0 atom stereocenters. The van der Waals surface area contributed by atoms with Crippen LogP contribution in [0.5, 0.6) is 0 Å². The molecule has 1 aromatic heterocycles. The molecule has 0 aromatic carbocycles. The maximum atomic E-state index is 12.4. The Balaban J connectivity index is 3.52. The van der Waals surface area contributed by atoms with Gasteiger partial charge >= 0.3 is 0 Å². The third kappa shape index (κ3) is 2.19. The van der Waals surface area contributed by atoms with Gasteiger partial charge in [-0.25, -0.2) is 8.78 Å². The zero-order valence-electron chi connectivity index (χ0n) is 6.48. The smallest absolute Gasteiger partial charge is 0.269 e. The molecule has 3 nitrogen and oxygen atoms in total. The van der Waals surface area contributed by atoms with Gasteiger partial charge in [-0.05, 0) is 11.6 Å². The number of aromatic amines is 1. The van der Waals surface area contributed by atoms with Gasteiger partial charge in [-0.2, -0.15) is 0 Å². The van der Waals surface area contributed by atoms with Gasteiger partial charge in [-0.1, -0.05) is 15.9 Å². The van der Waals surface area contributed by atoms with Crippen LogP contribution in [0.1, 0.15) is 22.5 Å². The topological polar surface area (TPSA) is 49.9 Å². The number of alkyl halides is 2. The fraction of sp³-hybridized carbons (Fsp3) is 0.143. The van der Waals surface area contributed by atoms with Crippen LogP contribution in [-0.2, 0) is 0 Å². The molecule has 14 heavy (non-hydrogen) atoms. The van der Waals surface area contributed by atoms with Crippen molar-refractivity contribution in [2.75, 3.05) is 0 Å². The van der Waals surface area contributed by atoms with Crippen molar-refractivity contribution in [1.29, 1.82) is 0 Å². The number of hydrogen-bond donors (Lipinski definition) is 1. The van der Waals surface area contributed by atoms with E-state index in [1.807, 2.05) is 4.98 Å². The Labute approximate surface area is 90.2 Å². The minimum Gasteiger partial charge on any atom is -0.318 e. The third-order valence-corrected chi connectivity index (χ3v) is 2.29. The quantitative estimate of drug-likeness (QED) is 0.849. The molecule has 1 rings (SSSR count). The van der Waals surface area contributed by atoms with Crippen LogP contribution >= 0.6 is 27.5 Å². The van der Waals surface area contributed by atoms with Gasteiger partial charge in [0.05, 0.1) is 5.56 Å². The number of carbonyl (C=O) groups excluding carboxylic acids is 1. The van der Waals surface area contributed by atoms with Crippen molar-refractivity contribution in [3.05, 3.63) is 32.2 Å². The van der Waals surface area contributed by atoms with E-state index < -0.39 is 28.5 Å². The van der Waals surface area contributed by atoms with Crippen molar-refractivity contribution in [2.45, 2.75) is 6.43 Å². The van der Waals surface area contributed by atoms with Crippen LogP contribution in [0.2, 0.25) is 0 Å². The predicted octanol–water partition coefficient (Wildman–Crippen LogP) is 2.45. The maximum Gasteiger partial charge on any atom is 0.269 e. The van der Waals surface area contributed by atoms with E-state index in [1.54, 1.807) is 0 Å². The van der Waals surface area contributed by atoms with Gasteiger partial charge in [0.1, 0.15) is 5.69 Å². The first-order chi connectivity index (χ1) is 6.43. The molecule has 76 valence electrons. The molecule has 0 aliphatic heterocycles. The molecule has 0 saturated heterocycles. The highest BCUT2D eigenvalue weighted by Gasteiger charge is 2.21. The molecule has 0 aliphatic carbocycles. The molecule has 0 bridgehead atoms. The lowest BCUT2D eigenvalue weighted by atomic mass is 10.2. The Morgan fingerprint density at radius 1 is 1.57 bits per heavy atom. The molecule has 1 N–H and O–H groups in total. The standard InChI is InChI=1S/C7H3BrClF2NO2/c8-2-1-3(13)12-5(6(9)14)4(2)7(10)11/h1,7H,(H,12,13). The summed E-state index contributed by atoms with van der Waals surface area (Å²) in [4.78, 5) is 23.5. The fourth-order valence-corrected chi connectivity index (χ4v) is 1.64. The van der Waals surface area contributed by atoms with Crippen LogP contribution in [0, 0.1) is 0 Å². The number of carbonyl (C=O) groups is 1. The zero-order valence-corrected chi connectivity index (χ0v) is 8.82. The van der Waals surface area contributed by atoms with Crippen molar-refractivity contribution in [3.63, 3.8) is 0 Å². The Kier molecular flexibility index (Phi) is 3.38. The number of rotatable bonds is 2. The molecule has 0 amide bonds. The minimum atomic E-state index is -2.89. The lowest BCUT2D eigenvalue weighted by Gasteiger charge is -2.06. The average Bonchev–Trinajstić information content (AvgIpc) is 2.01. The molecular weight excluding hydrogens is 283 g/mol. The number of H-pyrrole nitrogens is 1. The van der Waals surface area contributed by atoms with Gasteiger partial charge in [0.2, 0.25) is 5.56 Å². The van der Waals surface area contributed by atoms with E-state index in [9.17, 15) is 18.4 Å². The van der Waals surface area contributed by atoms with E-state index in [0.717, 1.165) is 6.07 Å². The van der Waals surface area contributed by atoms with Crippen LogP contribution in [0.25, 0.3) is 0 Å². The van der Waals surface area contributed by atoms with Crippen molar-refractivity contribution < 1.29 is 13.6 Å². The second kappa shape index (κ2) is 4.18. The minimum absolute atomic E-state index is 0.139. The molecule has 1 aromatic rings. The Hall–Kier alpha value is -0.750. The van der Waals surface area contributed by atoms with E-state index in [1.165, 1.54) is 0 Å². The highest BCUT2D eigenvalue weighted by Crippen LogP contribution is 2.28. The third-order valence-electron chi connectivity index (χ3n) is 1.45. The van der Waals surface area contributed by atoms with E-state index in [0.29, 0.717) is 0 Å². The number of halogens is 4. The van der Waals surface area contributed by atoms with Gasteiger partial charge in [-0.15, -0.1) is 0 Å². The molecule has 0 fully saturated rings. The molecule has 0 saturated carbocycles. The summed E-state index contributed by atoms with van der Waals surface area (Å²) < 4.78 is 24.7. The molecule has 0 unspecified atom stereocenters. The van der Waals surface area contributed by atoms with E-state index in [-0.39, 0.29) is 4.47 Å². The Morgan fingerprint density at radius 3 is 2.57 bits per heavy atom. The molecular formula is C7H3BrClF2NO2. The average molecular weight is 286 g/mol. The summed E-state index contributed by atoms with van der Waals surface area (Å²) in [6.45, 7) is 0. The van der Waals surface area contributed by atoms with Crippen LogP contribution < -0.4 is 5.56 Å². The van der Waals surface area contributed by atoms with Gasteiger partial charge in [0.15, 0.2) is 0 Å². The summed E-state index contributed by atoms with van der Waals surface area (Å²) in [6, 6.07) is 0.908. The lowest BCUT2D eigenvalue weighted by molar-refractivity contribution is 0.106. The summed E-state index contributed by atoms with van der Waals surface area (Å²) in [5.74, 6) is 0. The summed E-state index contributed by atoms with van der Waals surface area (Å²) in [5.41, 5.74) is -1.86. The molecule has 0 radical (unpaired) electrons. The van der Waals surface area contributed by atoms with Crippen molar-refractivity contribution >= 4 is 32.8 Å². The fourth-order valence-electron chi connectivity index (χ4n) is 0.907. The predicted molar refractivity (Wildman–Crippen MR) is 49.9 cm³/mol. The summed E-state index contributed by atoms with van der Waals surface area (Å²) >= 11 is 7.79. The molecule has 0 aliphatic rings. The number of aromatic nitrogens is 1. The highest BCUT2D eigenvalue weighted by atomic mass is 79.9. The maximum absolute atomic E-state index is 12.4. The first-order valence-electron chi connectivity index (χ1n) is 3.34. The van der Waals surface area contributed by atoms with E-state index >= 15 is 0 Å². The number of nitrogens with one attached hydrogen (secondary N) is 1. The van der Waals surface area contributed by atoms with Crippen LogP contribution in [0.15, 0.2) is 15.3 Å². The van der Waals surface area contributed by atoms with Gasteiger partial charge in [0, 0.05) is 10.5 Å². The van der Waals surface area contributed by atoms with Crippen molar-refractivity contribution in [3.8, 4) is 0 Å². The molecule has 7 heteroatoms. The van der Waals surface area contributed by atoms with E-state index in [4.69, 9.17) is 11.6 Å². The molecule has 0 spiro atoms. The first kappa shape index (κ1) is 11.3. The van der Waals surface area contributed by atoms with E-state index in [2.05, 4.69) is 15.9 Å². The molecule has 1 heterocycles. The normalized spacial score (nSPS) is 10.6. The Bertz CT molecular complexity index is 432. The van der Waals surface area contributed by atoms with Crippen molar-refractivity contribution in [2.24, 2.45) is 0 Å². The largest absolute Gasteiger partial charge is 0.318 e. The van der Waals surface area contributed by atoms with Crippen molar-refractivity contribution in [1.82, 2.24) is 4.98 Å². The second-order valence-corrected chi connectivity index (χ2v) is 3.54.